The number of halogens is 1. The van der Waals surface area contributed by atoms with Crippen molar-refractivity contribution in [3.63, 3.8) is 0 Å². The van der Waals surface area contributed by atoms with Crippen LogP contribution in [0.1, 0.15) is 5.56 Å². The number of nitrogens with one attached hydrogen (secondary N) is 1. The third kappa shape index (κ3) is 3.48. The van der Waals surface area contributed by atoms with Gasteiger partial charge in [-0.2, -0.15) is 0 Å². The zero-order valence-electron chi connectivity index (χ0n) is 11.3. The molecule has 104 valence electrons. The molecule has 0 radical (unpaired) electrons. The van der Waals surface area contributed by atoms with Crippen molar-refractivity contribution < 1.29 is 9.47 Å². The number of hydrogen-bond donors (Lipinski definition) is 1. The van der Waals surface area contributed by atoms with Crippen molar-refractivity contribution in [3.8, 4) is 0 Å². The van der Waals surface area contributed by atoms with Crippen LogP contribution in [-0.4, -0.2) is 31.9 Å². The Labute approximate surface area is 118 Å². The summed E-state index contributed by atoms with van der Waals surface area (Å²) in [6.45, 7) is 2.87. The monoisotopic (exact) mass is 282 g/mol. The molecule has 0 unspecified atom stereocenters. The summed E-state index contributed by atoms with van der Waals surface area (Å²) in [6.07, 6.45) is 2.10. The summed E-state index contributed by atoms with van der Waals surface area (Å²) in [6, 6.07) is 5.94. The number of rotatable bonds is 7. The Morgan fingerprint density at radius 2 is 2.11 bits per heavy atom. The molecule has 0 saturated heterocycles. The van der Waals surface area contributed by atoms with Gasteiger partial charge in [-0.3, -0.25) is 0 Å². The number of benzene rings is 1. The molecule has 1 aromatic carbocycles. The highest BCUT2D eigenvalue weighted by molar-refractivity contribution is 6.31. The second kappa shape index (κ2) is 6.91. The normalized spacial score (nSPS) is 11.3. The summed E-state index contributed by atoms with van der Waals surface area (Å²) in [5, 5.41) is 5.29. The van der Waals surface area contributed by atoms with E-state index in [4.69, 9.17) is 21.1 Å². The van der Waals surface area contributed by atoms with Gasteiger partial charge in [0.25, 0.3) is 0 Å². The maximum atomic E-state index is 6.06. The van der Waals surface area contributed by atoms with E-state index < -0.39 is 0 Å². The zero-order chi connectivity index (χ0) is 13.7. The lowest BCUT2D eigenvalue weighted by Crippen LogP contribution is -2.18. The van der Waals surface area contributed by atoms with Gasteiger partial charge < -0.3 is 19.4 Å². The maximum absolute atomic E-state index is 6.06. The zero-order valence-corrected chi connectivity index (χ0v) is 12.0. The molecule has 0 aliphatic carbocycles. The van der Waals surface area contributed by atoms with Crippen molar-refractivity contribution in [1.82, 2.24) is 9.88 Å². The minimum Gasteiger partial charge on any atom is -0.383 e. The first-order chi connectivity index (χ1) is 9.26. The average Bonchev–Trinajstić information content (AvgIpc) is 2.73. The summed E-state index contributed by atoms with van der Waals surface area (Å²) in [4.78, 5) is 0. The predicted octanol–water partition coefficient (Wildman–Crippen LogP) is 2.63. The smallest absolute Gasteiger partial charge is 0.122 e. The van der Waals surface area contributed by atoms with Crippen LogP contribution in [0.3, 0.4) is 0 Å². The summed E-state index contributed by atoms with van der Waals surface area (Å²) in [5.41, 5.74) is 2.33. The van der Waals surface area contributed by atoms with Crippen LogP contribution in [0.4, 0.5) is 0 Å². The molecule has 2 rings (SSSR count). The highest BCUT2D eigenvalue weighted by Crippen LogP contribution is 2.24. The average molecular weight is 283 g/mol. The van der Waals surface area contributed by atoms with Crippen LogP contribution >= 0.6 is 11.6 Å². The topological polar surface area (TPSA) is 35.4 Å². The lowest BCUT2D eigenvalue weighted by molar-refractivity contribution is 0.134. The molecule has 0 aliphatic heterocycles. The van der Waals surface area contributed by atoms with E-state index in [1.54, 1.807) is 14.2 Å². The number of nitrogens with zero attached hydrogens (tertiary/aromatic N) is 1. The lowest BCUT2D eigenvalue weighted by atomic mass is 10.2. The van der Waals surface area contributed by atoms with E-state index in [-0.39, 0.29) is 0 Å². The van der Waals surface area contributed by atoms with Crippen LogP contribution in [0.25, 0.3) is 10.9 Å². The fourth-order valence-electron chi connectivity index (χ4n) is 2.13. The van der Waals surface area contributed by atoms with Crippen LogP contribution in [-0.2, 0) is 22.7 Å². The van der Waals surface area contributed by atoms with Crippen LogP contribution in [0.15, 0.2) is 24.4 Å². The van der Waals surface area contributed by atoms with Gasteiger partial charge in [0.15, 0.2) is 0 Å². The molecule has 0 atom stereocenters. The van der Waals surface area contributed by atoms with E-state index in [1.165, 1.54) is 10.9 Å². The van der Waals surface area contributed by atoms with Gasteiger partial charge in [-0.15, -0.1) is 0 Å². The Hall–Kier alpha value is -1.07. The fourth-order valence-corrected chi connectivity index (χ4v) is 2.29. The van der Waals surface area contributed by atoms with Gasteiger partial charge in [-0.25, -0.2) is 0 Å². The molecule has 0 aliphatic rings. The highest BCUT2D eigenvalue weighted by atomic mass is 35.5. The van der Waals surface area contributed by atoms with Crippen LogP contribution < -0.4 is 5.32 Å². The van der Waals surface area contributed by atoms with Gasteiger partial charge in [0.1, 0.15) is 6.73 Å². The first-order valence-corrected chi connectivity index (χ1v) is 6.60. The molecular weight excluding hydrogens is 264 g/mol. The fraction of sp³-hybridized carbons (Fsp3) is 0.429. The Kier molecular flexibility index (Phi) is 5.22. The van der Waals surface area contributed by atoms with E-state index in [0.717, 1.165) is 23.6 Å². The number of ether oxygens (including phenoxy) is 2. The number of fused-ring (bicyclic) bond motifs is 1. The molecule has 5 heteroatoms. The highest BCUT2D eigenvalue weighted by Gasteiger charge is 2.08. The second-order valence-corrected chi connectivity index (χ2v) is 4.81. The van der Waals surface area contributed by atoms with Gasteiger partial charge in [0, 0.05) is 43.9 Å². The molecular formula is C14H19ClN2O2. The first-order valence-electron chi connectivity index (χ1n) is 6.22. The van der Waals surface area contributed by atoms with E-state index in [0.29, 0.717) is 13.3 Å². The summed E-state index contributed by atoms with van der Waals surface area (Å²) in [5.74, 6) is 0. The SMILES string of the molecule is COCCNCc1cn(COC)c2cc(Cl)ccc12. The minimum absolute atomic E-state index is 0.523. The Bertz CT molecular complexity index is 539. The van der Waals surface area contributed by atoms with E-state index >= 15 is 0 Å². The van der Waals surface area contributed by atoms with Crippen LogP contribution in [0, 0.1) is 0 Å². The molecule has 0 bridgehead atoms. The third-order valence-corrected chi connectivity index (χ3v) is 3.23. The molecule has 1 aromatic heterocycles. The first kappa shape index (κ1) is 14.3. The Morgan fingerprint density at radius 1 is 1.26 bits per heavy atom. The van der Waals surface area contributed by atoms with Crippen LogP contribution in [0.5, 0.6) is 0 Å². The lowest BCUT2D eigenvalue weighted by Gasteiger charge is -2.02. The molecule has 0 amide bonds. The van der Waals surface area contributed by atoms with Crippen molar-refractivity contribution in [3.05, 3.63) is 35.0 Å². The van der Waals surface area contributed by atoms with Gasteiger partial charge in [-0.05, 0) is 17.7 Å². The van der Waals surface area contributed by atoms with E-state index in [2.05, 4.69) is 22.1 Å². The van der Waals surface area contributed by atoms with Crippen molar-refractivity contribution in [2.45, 2.75) is 13.3 Å². The Morgan fingerprint density at radius 3 is 2.84 bits per heavy atom. The Balaban J connectivity index is 2.23. The molecule has 0 saturated carbocycles. The van der Waals surface area contributed by atoms with Crippen molar-refractivity contribution >= 4 is 22.5 Å². The van der Waals surface area contributed by atoms with Crippen molar-refractivity contribution in [2.24, 2.45) is 0 Å². The van der Waals surface area contributed by atoms with E-state index in [9.17, 15) is 0 Å². The van der Waals surface area contributed by atoms with Crippen LogP contribution in [0.2, 0.25) is 5.02 Å². The summed E-state index contributed by atoms with van der Waals surface area (Å²) in [7, 11) is 3.39. The summed E-state index contributed by atoms with van der Waals surface area (Å²) < 4.78 is 12.3. The third-order valence-electron chi connectivity index (χ3n) is 2.99. The molecule has 0 spiro atoms. The van der Waals surface area contributed by atoms with Gasteiger partial charge in [0.2, 0.25) is 0 Å². The van der Waals surface area contributed by atoms with Gasteiger partial charge in [0.05, 0.1) is 12.1 Å². The molecule has 4 nitrogen and oxygen atoms in total. The predicted molar refractivity (Wildman–Crippen MR) is 77.5 cm³/mol. The quantitative estimate of drug-likeness (QED) is 0.793. The molecule has 19 heavy (non-hydrogen) atoms. The number of aromatic nitrogens is 1. The second-order valence-electron chi connectivity index (χ2n) is 4.37. The number of methoxy groups -OCH3 is 2. The number of hydrogen-bond acceptors (Lipinski definition) is 3. The van der Waals surface area contributed by atoms with Gasteiger partial charge >= 0.3 is 0 Å². The maximum Gasteiger partial charge on any atom is 0.122 e. The summed E-state index contributed by atoms with van der Waals surface area (Å²) >= 11 is 6.06. The van der Waals surface area contributed by atoms with Crippen molar-refractivity contribution in [1.29, 1.82) is 0 Å². The molecule has 1 heterocycles. The largest absolute Gasteiger partial charge is 0.383 e. The van der Waals surface area contributed by atoms with Gasteiger partial charge in [-0.1, -0.05) is 17.7 Å². The van der Waals surface area contributed by atoms with E-state index in [1.807, 2.05) is 12.1 Å². The van der Waals surface area contributed by atoms with Crippen molar-refractivity contribution in [2.75, 3.05) is 27.4 Å². The minimum atomic E-state index is 0.523. The standard InChI is InChI=1S/C14H19ClN2O2/c1-18-6-5-16-8-11-9-17(10-19-2)14-7-12(15)3-4-13(11)14/h3-4,7,9,16H,5-6,8,10H2,1-2H3. The molecule has 2 aromatic rings. The molecule has 0 fully saturated rings. The molecule has 1 N–H and O–H groups in total.